The predicted octanol–water partition coefficient (Wildman–Crippen LogP) is 0.950. The first-order valence-corrected chi connectivity index (χ1v) is 9.01. The van der Waals surface area contributed by atoms with E-state index in [2.05, 4.69) is 5.32 Å². The lowest BCUT2D eigenvalue weighted by molar-refractivity contribution is 0.190. The van der Waals surface area contributed by atoms with Crippen LogP contribution in [0.1, 0.15) is 38.5 Å². The molecule has 0 bridgehead atoms. The molecule has 0 amide bonds. The van der Waals surface area contributed by atoms with Crippen LogP contribution in [0.4, 0.5) is 0 Å². The molecular formula is C13H25NO3S. The number of hydrogen-bond acceptors (Lipinski definition) is 4. The van der Waals surface area contributed by atoms with Gasteiger partial charge < -0.3 is 10.4 Å². The summed E-state index contributed by atoms with van der Waals surface area (Å²) >= 11 is 0. The Hall–Kier alpha value is -0.130. The van der Waals surface area contributed by atoms with Crippen molar-refractivity contribution in [2.24, 2.45) is 11.8 Å². The van der Waals surface area contributed by atoms with Gasteiger partial charge in [0.25, 0.3) is 0 Å². The zero-order chi connectivity index (χ0) is 13.2. The minimum atomic E-state index is -2.93. The Morgan fingerprint density at radius 1 is 1.11 bits per heavy atom. The molecule has 4 nitrogen and oxygen atoms in total. The molecule has 0 aromatic heterocycles. The van der Waals surface area contributed by atoms with Gasteiger partial charge in [0.15, 0.2) is 9.84 Å². The molecule has 18 heavy (non-hydrogen) atoms. The number of aliphatic hydroxyl groups is 1. The van der Waals surface area contributed by atoms with Gasteiger partial charge in [-0.3, -0.25) is 0 Å². The highest BCUT2D eigenvalue weighted by Crippen LogP contribution is 2.32. The predicted molar refractivity (Wildman–Crippen MR) is 72.2 cm³/mol. The van der Waals surface area contributed by atoms with E-state index in [4.69, 9.17) is 0 Å². The fourth-order valence-electron chi connectivity index (χ4n) is 3.60. The largest absolute Gasteiger partial charge is 0.396 e. The number of aliphatic hydroxyl groups excluding tert-OH is 1. The molecule has 2 aliphatic rings. The zero-order valence-electron chi connectivity index (χ0n) is 11.1. The number of sulfone groups is 1. The van der Waals surface area contributed by atoms with E-state index >= 15 is 0 Å². The van der Waals surface area contributed by atoms with Gasteiger partial charge in [-0.25, -0.2) is 8.42 Å². The summed E-state index contributed by atoms with van der Waals surface area (Å²) in [6.45, 7) is 1.13. The normalized spacial score (nSPS) is 37.2. The monoisotopic (exact) mass is 275 g/mol. The Labute approximate surface area is 110 Å². The van der Waals surface area contributed by atoms with E-state index in [9.17, 15) is 13.5 Å². The molecule has 106 valence electrons. The zero-order valence-corrected chi connectivity index (χ0v) is 12.0. The molecule has 4 unspecified atom stereocenters. The lowest BCUT2D eigenvalue weighted by atomic mass is 9.96. The molecule has 5 heteroatoms. The number of rotatable bonds is 5. The van der Waals surface area contributed by atoms with Crippen molar-refractivity contribution < 1.29 is 13.5 Å². The summed E-state index contributed by atoms with van der Waals surface area (Å²) in [5.41, 5.74) is 0. The third-order valence-electron chi connectivity index (χ3n) is 4.70. The minimum absolute atomic E-state index is 0.125. The second kappa shape index (κ2) is 5.88. The smallest absolute Gasteiger partial charge is 0.151 e. The topological polar surface area (TPSA) is 66.4 Å². The molecule has 0 spiro atoms. The van der Waals surface area contributed by atoms with Crippen molar-refractivity contribution in [1.29, 1.82) is 0 Å². The SMILES string of the molecule is CS(=O)(=O)C1CCCC1NCC1CCCC1CO. The van der Waals surface area contributed by atoms with E-state index in [-0.39, 0.29) is 17.9 Å². The molecule has 2 fully saturated rings. The molecule has 2 rings (SSSR count). The summed E-state index contributed by atoms with van der Waals surface area (Å²) in [6.07, 6.45) is 7.58. The third-order valence-corrected chi connectivity index (χ3v) is 6.36. The van der Waals surface area contributed by atoms with E-state index in [1.807, 2.05) is 0 Å². The van der Waals surface area contributed by atoms with Gasteiger partial charge in [0.1, 0.15) is 0 Å². The highest BCUT2D eigenvalue weighted by Gasteiger charge is 2.35. The van der Waals surface area contributed by atoms with Crippen LogP contribution in [0.25, 0.3) is 0 Å². The summed E-state index contributed by atoms with van der Waals surface area (Å²) in [4.78, 5) is 0. The van der Waals surface area contributed by atoms with Crippen LogP contribution in [0.5, 0.6) is 0 Å². The van der Waals surface area contributed by atoms with E-state index in [0.717, 1.165) is 38.6 Å². The van der Waals surface area contributed by atoms with Gasteiger partial charge in [-0.1, -0.05) is 12.8 Å². The second-order valence-corrected chi connectivity index (χ2v) is 8.21. The van der Waals surface area contributed by atoms with Crippen molar-refractivity contribution in [2.75, 3.05) is 19.4 Å². The van der Waals surface area contributed by atoms with Crippen LogP contribution >= 0.6 is 0 Å². The lowest BCUT2D eigenvalue weighted by Gasteiger charge is -2.24. The Balaban J connectivity index is 1.86. The molecule has 0 heterocycles. The van der Waals surface area contributed by atoms with Gasteiger partial charge in [0.05, 0.1) is 5.25 Å². The summed E-state index contributed by atoms with van der Waals surface area (Å²) in [7, 11) is -2.93. The van der Waals surface area contributed by atoms with E-state index in [0.29, 0.717) is 11.8 Å². The molecular weight excluding hydrogens is 250 g/mol. The molecule has 2 aliphatic carbocycles. The maximum absolute atomic E-state index is 11.7. The maximum Gasteiger partial charge on any atom is 0.151 e. The van der Waals surface area contributed by atoms with Crippen LogP contribution in [0.2, 0.25) is 0 Å². The molecule has 4 atom stereocenters. The van der Waals surface area contributed by atoms with Crippen LogP contribution in [0.3, 0.4) is 0 Å². The lowest BCUT2D eigenvalue weighted by Crippen LogP contribution is -2.42. The summed E-state index contributed by atoms with van der Waals surface area (Å²) in [5, 5.41) is 12.5. The average molecular weight is 275 g/mol. The highest BCUT2D eigenvalue weighted by atomic mass is 32.2. The van der Waals surface area contributed by atoms with Gasteiger partial charge >= 0.3 is 0 Å². The number of nitrogens with one attached hydrogen (secondary N) is 1. The van der Waals surface area contributed by atoms with Gasteiger partial charge in [-0.05, 0) is 44.1 Å². The van der Waals surface area contributed by atoms with Gasteiger partial charge in [0, 0.05) is 18.9 Å². The van der Waals surface area contributed by atoms with Crippen molar-refractivity contribution in [3.8, 4) is 0 Å². The Bertz CT molecular complexity index is 368. The minimum Gasteiger partial charge on any atom is -0.396 e. The molecule has 2 N–H and O–H groups in total. The third kappa shape index (κ3) is 3.25. The van der Waals surface area contributed by atoms with Gasteiger partial charge in [0.2, 0.25) is 0 Å². The van der Waals surface area contributed by atoms with E-state index < -0.39 is 9.84 Å². The van der Waals surface area contributed by atoms with Crippen LogP contribution in [-0.4, -0.2) is 44.2 Å². The van der Waals surface area contributed by atoms with Crippen molar-refractivity contribution in [3.05, 3.63) is 0 Å². The van der Waals surface area contributed by atoms with Crippen molar-refractivity contribution >= 4 is 9.84 Å². The van der Waals surface area contributed by atoms with Gasteiger partial charge in [-0.15, -0.1) is 0 Å². The fraction of sp³-hybridized carbons (Fsp3) is 1.00. The quantitative estimate of drug-likeness (QED) is 0.784. The first kappa shape index (κ1) is 14.3. The van der Waals surface area contributed by atoms with Crippen LogP contribution < -0.4 is 5.32 Å². The molecule has 0 aromatic rings. The Morgan fingerprint density at radius 3 is 2.44 bits per heavy atom. The summed E-state index contributed by atoms with van der Waals surface area (Å²) < 4.78 is 23.4. The maximum atomic E-state index is 11.7. The molecule has 2 saturated carbocycles. The molecule has 0 aliphatic heterocycles. The van der Waals surface area contributed by atoms with E-state index in [1.165, 1.54) is 12.7 Å². The highest BCUT2D eigenvalue weighted by molar-refractivity contribution is 7.91. The Kier molecular flexibility index (Phi) is 4.67. The Morgan fingerprint density at radius 2 is 1.78 bits per heavy atom. The summed E-state index contributed by atoms with van der Waals surface area (Å²) in [6, 6.07) is 0.125. The number of hydrogen-bond donors (Lipinski definition) is 2. The van der Waals surface area contributed by atoms with Crippen LogP contribution in [0.15, 0.2) is 0 Å². The van der Waals surface area contributed by atoms with E-state index in [1.54, 1.807) is 0 Å². The second-order valence-electron chi connectivity index (χ2n) is 5.95. The standard InChI is InChI=1S/C13H25NO3S/c1-18(16,17)13-7-3-6-12(13)14-8-10-4-2-5-11(10)9-15/h10-15H,2-9H2,1H3. The first-order valence-electron chi connectivity index (χ1n) is 7.05. The van der Waals surface area contributed by atoms with Crippen LogP contribution in [0, 0.1) is 11.8 Å². The molecule has 0 aromatic carbocycles. The van der Waals surface area contributed by atoms with Crippen molar-refractivity contribution in [3.63, 3.8) is 0 Å². The van der Waals surface area contributed by atoms with Gasteiger partial charge in [-0.2, -0.15) is 0 Å². The molecule has 0 radical (unpaired) electrons. The summed E-state index contributed by atoms with van der Waals surface area (Å²) in [5.74, 6) is 0.936. The molecule has 0 saturated heterocycles. The average Bonchev–Trinajstić information content (AvgIpc) is 2.93. The van der Waals surface area contributed by atoms with Crippen molar-refractivity contribution in [2.45, 2.75) is 49.8 Å². The van der Waals surface area contributed by atoms with Crippen LogP contribution in [-0.2, 0) is 9.84 Å². The first-order chi connectivity index (χ1) is 8.52. The fourth-order valence-corrected chi connectivity index (χ4v) is 5.02. The van der Waals surface area contributed by atoms with Crippen molar-refractivity contribution in [1.82, 2.24) is 5.32 Å².